The lowest BCUT2D eigenvalue weighted by Gasteiger charge is -2.22. The van der Waals surface area contributed by atoms with E-state index in [2.05, 4.69) is 5.32 Å². The van der Waals surface area contributed by atoms with E-state index in [4.69, 9.17) is 4.42 Å². The van der Waals surface area contributed by atoms with Gasteiger partial charge in [0, 0.05) is 43.2 Å². The van der Waals surface area contributed by atoms with Crippen molar-refractivity contribution in [2.45, 2.75) is 26.2 Å². The predicted octanol–water partition coefficient (Wildman–Crippen LogP) is 3.22. The standard InChI is InChI=1S/C19H23N3O3/c1-13-12-25-17-6-5-15(11-16(13)17)20-19(24)22-8-2-7-21(9-10-22)18(23)14-3-4-14/h5-6,11-12,14H,2-4,7-10H2,1H3,(H,20,24). The number of aryl methyl sites for hydroxylation is 1. The molecule has 1 saturated heterocycles. The van der Waals surface area contributed by atoms with Gasteiger partial charge < -0.3 is 19.5 Å². The van der Waals surface area contributed by atoms with Gasteiger partial charge in [0.25, 0.3) is 0 Å². The average Bonchev–Trinajstić information content (AvgIpc) is 3.42. The number of anilines is 1. The van der Waals surface area contributed by atoms with Gasteiger partial charge in [-0.2, -0.15) is 0 Å². The van der Waals surface area contributed by atoms with Crippen molar-refractivity contribution in [3.8, 4) is 0 Å². The highest BCUT2D eigenvalue weighted by molar-refractivity contribution is 5.93. The van der Waals surface area contributed by atoms with Gasteiger partial charge in [0.15, 0.2) is 0 Å². The lowest BCUT2D eigenvalue weighted by Crippen LogP contribution is -2.39. The molecule has 1 aliphatic heterocycles. The third-order valence-electron chi connectivity index (χ3n) is 5.04. The number of nitrogens with zero attached hydrogens (tertiary/aromatic N) is 2. The van der Waals surface area contributed by atoms with E-state index in [-0.39, 0.29) is 17.9 Å². The monoisotopic (exact) mass is 341 g/mol. The van der Waals surface area contributed by atoms with E-state index in [1.165, 1.54) is 0 Å². The minimum atomic E-state index is -0.110. The number of fused-ring (bicyclic) bond motifs is 1. The third-order valence-corrected chi connectivity index (χ3v) is 5.04. The first-order chi connectivity index (χ1) is 12.1. The second-order valence-corrected chi connectivity index (χ2v) is 7.00. The zero-order chi connectivity index (χ0) is 17.4. The molecule has 1 saturated carbocycles. The Morgan fingerprint density at radius 1 is 1.12 bits per heavy atom. The summed E-state index contributed by atoms with van der Waals surface area (Å²) in [6.07, 6.45) is 4.59. The number of carbonyl (C=O) groups excluding carboxylic acids is 2. The maximum absolute atomic E-state index is 12.6. The van der Waals surface area contributed by atoms with E-state index in [1.54, 1.807) is 11.2 Å². The van der Waals surface area contributed by atoms with Gasteiger partial charge in [-0.15, -0.1) is 0 Å². The van der Waals surface area contributed by atoms with Gasteiger partial charge in [0.05, 0.1) is 6.26 Å². The number of urea groups is 1. The van der Waals surface area contributed by atoms with Crippen LogP contribution in [0.25, 0.3) is 11.0 Å². The number of benzene rings is 1. The molecule has 2 aromatic rings. The minimum Gasteiger partial charge on any atom is -0.464 e. The molecule has 0 unspecified atom stereocenters. The summed E-state index contributed by atoms with van der Waals surface area (Å²) in [7, 11) is 0. The Hall–Kier alpha value is -2.50. The first kappa shape index (κ1) is 16.0. The molecule has 0 radical (unpaired) electrons. The van der Waals surface area contributed by atoms with E-state index in [9.17, 15) is 9.59 Å². The Labute approximate surface area is 146 Å². The highest BCUT2D eigenvalue weighted by Crippen LogP contribution is 2.31. The summed E-state index contributed by atoms with van der Waals surface area (Å²) in [5.41, 5.74) is 2.63. The number of hydrogen-bond acceptors (Lipinski definition) is 3. The molecule has 3 amide bonds. The molecule has 1 aromatic heterocycles. The summed E-state index contributed by atoms with van der Waals surface area (Å²) in [6.45, 7) is 4.62. The SMILES string of the molecule is Cc1coc2ccc(NC(=O)N3CCCN(C(=O)C4CC4)CC3)cc12. The molecule has 132 valence electrons. The molecule has 2 fully saturated rings. The zero-order valence-electron chi connectivity index (χ0n) is 14.5. The summed E-state index contributed by atoms with van der Waals surface area (Å²) in [4.78, 5) is 28.5. The minimum absolute atomic E-state index is 0.110. The van der Waals surface area contributed by atoms with E-state index < -0.39 is 0 Å². The number of amides is 3. The third kappa shape index (κ3) is 3.34. The van der Waals surface area contributed by atoms with Crippen LogP contribution < -0.4 is 5.32 Å². The molecule has 2 heterocycles. The molecule has 0 spiro atoms. The Bertz CT molecular complexity index is 809. The molecule has 1 aliphatic carbocycles. The van der Waals surface area contributed by atoms with Crippen LogP contribution in [0.1, 0.15) is 24.8 Å². The average molecular weight is 341 g/mol. The molecule has 0 bridgehead atoms. The summed E-state index contributed by atoms with van der Waals surface area (Å²) >= 11 is 0. The van der Waals surface area contributed by atoms with Crippen molar-refractivity contribution in [3.63, 3.8) is 0 Å². The summed E-state index contributed by atoms with van der Waals surface area (Å²) in [5, 5.41) is 3.98. The lowest BCUT2D eigenvalue weighted by atomic mass is 10.2. The molecule has 4 rings (SSSR count). The normalized spacial score (nSPS) is 18.3. The summed E-state index contributed by atoms with van der Waals surface area (Å²) in [5.74, 6) is 0.508. The topological polar surface area (TPSA) is 65.8 Å². The van der Waals surface area contributed by atoms with Crippen LogP contribution in [0.5, 0.6) is 0 Å². The number of carbonyl (C=O) groups is 2. The molecule has 1 N–H and O–H groups in total. The van der Waals surface area contributed by atoms with Crippen molar-refractivity contribution in [3.05, 3.63) is 30.0 Å². The second kappa shape index (κ2) is 6.43. The molecule has 0 atom stereocenters. The molecular weight excluding hydrogens is 318 g/mol. The maximum atomic E-state index is 12.6. The van der Waals surface area contributed by atoms with Crippen LogP contribution in [0.3, 0.4) is 0 Å². The van der Waals surface area contributed by atoms with Crippen molar-refractivity contribution in [1.82, 2.24) is 9.80 Å². The highest BCUT2D eigenvalue weighted by atomic mass is 16.3. The molecule has 2 aliphatic rings. The lowest BCUT2D eigenvalue weighted by molar-refractivity contribution is -0.132. The van der Waals surface area contributed by atoms with Crippen LogP contribution in [0.4, 0.5) is 10.5 Å². The van der Waals surface area contributed by atoms with Crippen molar-refractivity contribution in [2.75, 3.05) is 31.5 Å². The van der Waals surface area contributed by atoms with Gasteiger partial charge in [-0.25, -0.2) is 4.79 Å². The van der Waals surface area contributed by atoms with Crippen LogP contribution in [0.15, 0.2) is 28.9 Å². The molecule has 6 heteroatoms. The number of furan rings is 1. The zero-order valence-corrected chi connectivity index (χ0v) is 14.5. The fraction of sp³-hybridized carbons (Fsp3) is 0.474. The summed E-state index contributed by atoms with van der Waals surface area (Å²) < 4.78 is 5.44. The predicted molar refractivity (Wildman–Crippen MR) is 95.5 cm³/mol. The Balaban J connectivity index is 1.39. The molecular formula is C19H23N3O3. The first-order valence-electron chi connectivity index (χ1n) is 8.94. The van der Waals surface area contributed by atoms with Gasteiger partial charge >= 0.3 is 6.03 Å². The Kier molecular flexibility index (Phi) is 4.11. The van der Waals surface area contributed by atoms with Crippen LogP contribution in [-0.2, 0) is 4.79 Å². The van der Waals surface area contributed by atoms with Crippen LogP contribution >= 0.6 is 0 Å². The van der Waals surface area contributed by atoms with E-state index in [0.29, 0.717) is 19.6 Å². The largest absolute Gasteiger partial charge is 0.464 e. The number of rotatable bonds is 2. The fourth-order valence-corrected chi connectivity index (χ4v) is 3.37. The van der Waals surface area contributed by atoms with Crippen LogP contribution in [0.2, 0.25) is 0 Å². The van der Waals surface area contributed by atoms with Gasteiger partial charge in [-0.3, -0.25) is 4.79 Å². The van der Waals surface area contributed by atoms with Gasteiger partial charge in [0.1, 0.15) is 5.58 Å². The maximum Gasteiger partial charge on any atom is 0.321 e. The van der Waals surface area contributed by atoms with Crippen LogP contribution in [-0.4, -0.2) is 47.9 Å². The van der Waals surface area contributed by atoms with Crippen molar-refractivity contribution >= 4 is 28.6 Å². The molecule has 1 aromatic carbocycles. The van der Waals surface area contributed by atoms with Crippen LogP contribution in [0, 0.1) is 12.8 Å². The second-order valence-electron chi connectivity index (χ2n) is 7.00. The van der Waals surface area contributed by atoms with Gasteiger partial charge in [-0.1, -0.05) is 0 Å². The fourth-order valence-electron chi connectivity index (χ4n) is 3.37. The van der Waals surface area contributed by atoms with E-state index in [0.717, 1.165) is 48.0 Å². The van der Waals surface area contributed by atoms with Gasteiger partial charge in [-0.05, 0) is 49.9 Å². The van der Waals surface area contributed by atoms with Crippen molar-refractivity contribution in [2.24, 2.45) is 5.92 Å². The van der Waals surface area contributed by atoms with Gasteiger partial charge in [0.2, 0.25) is 5.91 Å². The summed E-state index contributed by atoms with van der Waals surface area (Å²) in [6, 6.07) is 5.55. The Morgan fingerprint density at radius 2 is 1.88 bits per heavy atom. The van der Waals surface area contributed by atoms with E-state index in [1.807, 2.05) is 30.0 Å². The number of nitrogens with one attached hydrogen (secondary N) is 1. The molecule has 6 nitrogen and oxygen atoms in total. The number of hydrogen-bond donors (Lipinski definition) is 1. The first-order valence-corrected chi connectivity index (χ1v) is 8.94. The van der Waals surface area contributed by atoms with Crippen molar-refractivity contribution in [1.29, 1.82) is 0 Å². The molecule has 25 heavy (non-hydrogen) atoms. The smallest absolute Gasteiger partial charge is 0.321 e. The Morgan fingerprint density at radius 3 is 2.68 bits per heavy atom. The quantitative estimate of drug-likeness (QED) is 0.912. The highest BCUT2D eigenvalue weighted by Gasteiger charge is 2.34. The van der Waals surface area contributed by atoms with E-state index >= 15 is 0 Å². The van der Waals surface area contributed by atoms with Crippen molar-refractivity contribution < 1.29 is 14.0 Å².